The second-order valence-electron chi connectivity index (χ2n) is 4.89. The van der Waals surface area contributed by atoms with Crippen LogP contribution < -0.4 is 10.6 Å². The van der Waals surface area contributed by atoms with Crippen LogP contribution in [-0.4, -0.2) is 10.2 Å². The largest absolute Gasteiger partial charge is 0.506 e. The van der Waals surface area contributed by atoms with E-state index in [4.69, 9.17) is 12.2 Å². The van der Waals surface area contributed by atoms with Crippen LogP contribution in [0.2, 0.25) is 0 Å². The summed E-state index contributed by atoms with van der Waals surface area (Å²) in [6, 6.07) is 6.25. The number of hydrogen-bond acceptors (Lipinski definition) is 2. The van der Waals surface area contributed by atoms with Crippen molar-refractivity contribution >= 4 is 28.7 Å². The third-order valence-corrected chi connectivity index (χ3v) is 3.22. The highest BCUT2D eigenvalue weighted by molar-refractivity contribution is 7.80. The minimum Gasteiger partial charge on any atom is -0.506 e. The Morgan fingerprint density at radius 3 is 2.04 bits per heavy atom. The number of halogens is 6. The van der Waals surface area contributed by atoms with Crippen LogP contribution in [-0.2, 0) is 12.4 Å². The average molecular weight is 380 g/mol. The fourth-order valence-corrected chi connectivity index (χ4v) is 2.10. The van der Waals surface area contributed by atoms with Crippen LogP contribution in [0.5, 0.6) is 5.75 Å². The first-order valence-electron chi connectivity index (χ1n) is 6.62. The molecular weight excluding hydrogens is 370 g/mol. The van der Waals surface area contributed by atoms with Gasteiger partial charge < -0.3 is 15.7 Å². The van der Waals surface area contributed by atoms with Gasteiger partial charge in [-0.15, -0.1) is 0 Å². The van der Waals surface area contributed by atoms with Gasteiger partial charge in [-0.2, -0.15) is 26.3 Å². The van der Waals surface area contributed by atoms with Gasteiger partial charge in [-0.05, 0) is 48.6 Å². The molecule has 0 aliphatic rings. The lowest BCUT2D eigenvalue weighted by Crippen LogP contribution is -2.20. The van der Waals surface area contributed by atoms with Gasteiger partial charge in [0, 0.05) is 5.69 Å². The molecule has 3 N–H and O–H groups in total. The van der Waals surface area contributed by atoms with Gasteiger partial charge in [0.2, 0.25) is 0 Å². The minimum absolute atomic E-state index is 0.0150. The summed E-state index contributed by atoms with van der Waals surface area (Å²) in [5.74, 6) is -0.499. The van der Waals surface area contributed by atoms with Crippen molar-refractivity contribution < 1.29 is 31.4 Å². The topological polar surface area (TPSA) is 44.3 Å². The second kappa shape index (κ2) is 6.79. The molecule has 2 rings (SSSR count). The molecule has 0 radical (unpaired) electrons. The maximum atomic E-state index is 12.7. The number of hydrogen-bond donors (Lipinski definition) is 3. The number of alkyl halides is 6. The molecule has 0 fully saturated rings. The van der Waals surface area contributed by atoms with Crippen molar-refractivity contribution in [2.75, 3.05) is 10.6 Å². The first kappa shape index (κ1) is 18.8. The van der Waals surface area contributed by atoms with E-state index in [9.17, 15) is 31.4 Å². The standard InChI is InChI=1S/C15H10F6N2OS/c16-14(17,18)8-2-1-3-10(6-8)22-13(25)23-11-7-9(15(19,20)21)4-5-12(11)24/h1-7,24H,(H2,22,23,25). The number of phenolic OH excluding ortho intramolecular Hbond substituents is 1. The summed E-state index contributed by atoms with van der Waals surface area (Å²) in [5, 5.41) is 14.1. The van der Waals surface area contributed by atoms with Crippen LogP contribution in [0.1, 0.15) is 11.1 Å². The molecule has 25 heavy (non-hydrogen) atoms. The van der Waals surface area contributed by atoms with Gasteiger partial charge in [-0.3, -0.25) is 0 Å². The summed E-state index contributed by atoms with van der Waals surface area (Å²) in [6.07, 6.45) is -9.17. The molecular formula is C15H10F6N2OS. The van der Waals surface area contributed by atoms with Gasteiger partial charge in [0.1, 0.15) is 5.75 Å². The Kier molecular flexibility index (Phi) is 5.12. The van der Waals surface area contributed by atoms with E-state index in [0.29, 0.717) is 12.1 Å². The van der Waals surface area contributed by atoms with E-state index in [1.54, 1.807) is 0 Å². The van der Waals surface area contributed by atoms with Crippen LogP contribution in [0.15, 0.2) is 42.5 Å². The molecule has 0 aromatic heterocycles. The number of phenols is 1. The molecule has 10 heteroatoms. The van der Waals surface area contributed by atoms with E-state index in [1.165, 1.54) is 6.07 Å². The summed E-state index contributed by atoms with van der Waals surface area (Å²) in [6.45, 7) is 0. The molecule has 0 aliphatic heterocycles. The van der Waals surface area contributed by atoms with Crippen LogP contribution in [0.4, 0.5) is 37.7 Å². The van der Waals surface area contributed by atoms with E-state index >= 15 is 0 Å². The van der Waals surface area contributed by atoms with E-state index in [0.717, 1.165) is 24.3 Å². The quantitative estimate of drug-likeness (QED) is 0.379. The van der Waals surface area contributed by atoms with Crippen molar-refractivity contribution in [3.63, 3.8) is 0 Å². The number of nitrogens with one attached hydrogen (secondary N) is 2. The third-order valence-electron chi connectivity index (χ3n) is 3.02. The second-order valence-corrected chi connectivity index (χ2v) is 5.30. The van der Waals surface area contributed by atoms with Crippen LogP contribution in [0, 0.1) is 0 Å². The molecule has 0 aliphatic carbocycles. The van der Waals surface area contributed by atoms with Crippen LogP contribution >= 0.6 is 12.2 Å². The molecule has 0 saturated heterocycles. The van der Waals surface area contributed by atoms with E-state index in [2.05, 4.69) is 10.6 Å². The van der Waals surface area contributed by atoms with E-state index < -0.39 is 29.2 Å². The van der Waals surface area contributed by atoms with Crippen molar-refractivity contribution in [3.8, 4) is 5.75 Å². The lowest BCUT2D eigenvalue weighted by atomic mass is 10.2. The van der Waals surface area contributed by atoms with Crippen molar-refractivity contribution in [1.82, 2.24) is 0 Å². The molecule has 0 heterocycles. The highest BCUT2D eigenvalue weighted by atomic mass is 32.1. The normalized spacial score (nSPS) is 11.9. The van der Waals surface area contributed by atoms with Gasteiger partial charge >= 0.3 is 12.4 Å². The fourth-order valence-electron chi connectivity index (χ4n) is 1.87. The maximum absolute atomic E-state index is 12.7. The molecule has 0 amide bonds. The van der Waals surface area contributed by atoms with Crippen molar-refractivity contribution in [1.29, 1.82) is 0 Å². The molecule has 3 nitrogen and oxygen atoms in total. The molecule has 0 unspecified atom stereocenters. The van der Waals surface area contributed by atoms with Gasteiger partial charge in [0.25, 0.3) is 0 Å². The summed E-state index contributed by atoms with van der Waals surface area (Å²) in [7, 11) is 0. The summed E-state index contributed by atoms with van der Waals surface area (Å²) in [5.41, 5.74) is -2.28. The fraction of sp³-hybridized carbons (Fsp3) is 0.133. The zero-order valence-corrected chi connectivity index (χ0v) is 13.0. The van der Waals surface area contributed by atoms with E-state index in [1.807, 2.05) is 0 Å². The Morgan fingerprint density at radius 1 is 0.840 bits per heavy atom. The van der Waals surface area contributed by atoms with E-state index in [-0.39, 0.29) is 16.5 Å². The first-order valence-corrected chi connectivity index (χ1v) is 7.03. The highest BCUT2D eigenvalue weighted by Crippen LogP contribution is 2.34. The number of anilines is 2. The van der Waals surface area contributed by atoms with Gasteiger partial charge in [-0.1, -0.05) is 6.07 Å². The zero-order chi connectivity index (χ0) is 18.8. The number of aromatic hydroxyl groups is 1. The Hall–Kier alpha value is -2.49. The molecule has 134 valence electrons. The minimum atomic E-state index is -4.62. The van der Waals surface area contributed by atoms with Crippen molar-refractivity contribution in [3.05, 3.63) is 53.6 Å². The molecule has 2 aromatic rings. The first-order chi connectivity index (χ1) is 11.5. The zero-order valence-electron chi connectivity index (χ0n) is 12.2. The highest BCUT2D eigenvalue weighted by Gasteiger charge is 2.31. The van der Waals surface area contributed by atoms with Crippen LogP contribution in [0.25, 0.3) is 0 Å². The summed E-state index contributed by atoms with van der Waals surface area (Å²) >= 11 is 4.86. The molecule has 0 bridgehead atoms. The molecule has 0 atom stereocenters. The van der Waals surface area contributed by atoms with Crippen molar-refractivity contribution in [2.45, 2.75) is 12.4 Å². The van der Waals surface area contributed by atoms with Gasteiger partial charge in [-0.25, -0.2) is 0 Å². The monoisotopic (exact) mass is 380 g/mol. The SMILES string of the molecule is Oc1ccc(C(F)(F)F)cc1NC(=S)Nc1cccc(C(F)(F)F)c1. The maximum Gasteiger partial charge on any atom is 0.416 e. The smallest absolute Gasteiger partial charge is 0.416 e. The van der Waals surface area contributed by atoms with Gasteiger partial charge in [0.15, 0.2) is 5.11 Å². The molecule has 0 saturated carbocycles. The predicted octanol–water partition coefficient (Wildman–Crippen LogP) is 5.24. The Morgan fingerprint density at radius 2 is 1.44 bits per heavy atom. The van der Waals surface area contributed by atoms with Crippen molar-refractivity contribution in [2.24, 2.45) is 0 Å². The predicted molar refractivity (Wildman–Crippen MR) is 84.4 cm³/mol. The molecule has 0 spiro atoms. The summed E-state index contributed by atoms with van der Waals surface area (Å²) in [4.78, 5) is 0. The average Bonchev–Trinajstić information content (AvgIpc) is 2.47. The summed E-state index contributed by atoms with van der Waals surface area (Å²) < 4.78 is 76.0. The lowest BCUT2D eigenvalue weighted by Gasteiger charge is -2.15. The van der Waals surface area contributed by atoms with Gasteiger partial charge in [0.05, 0.1) is 16.8 Å². The Labute approximate surface area is 143 Å². The lowest BCUT2D eigenvalue weighted by molar-refractivity contribution is -0.138. The number of rotatable bonds is 2. The Bertz CT molecular complexity index is 788. The number of thiocarbonyl (C=S) groups is 1. The van der Waals surface area contributed by atoms with Crippen LogP contribution in [0.3, 0.4) is 0 Å². The number of benzene rings is 2. The molecule has 2 aromatic carbocycles. The third kappa shape index (κ3) is 4.99. The Balaban J connectivity index is 2.16.